The maximum Gasteiger partial charge on any atom is 0.235 e. The van der Waals surface area contributed by atoms with Crippen LogP contribution in [0.15, 0.2) is 22.8 Å². The first-order chi connectivity index (χ1) is 7.89. The van der Waals surface area contributed by atoms with Gasteiger partial charge in [0, 0.05) is 23.5 Å². The predicted octanol–water partition coefficient (Wildman–Crippen LogP) is 2.52. The van der Waals surface area contributed by atoms with Gasteiger partial charge in [-0.3, -0.25) is 9.59 Å². The average molecular weight is 297 g/mol. The standard InChI is InChI=1S/C12H13BrN2O2/c1-12(2)5-10(16)15(11(17)6-12)9-4-3-8(13)7-14-9/h3-4,7H,5-6H2,1-2H3. The van der Waals surface area contributed by atoms with Crippen LogP contribution < -0.4 is 4.90 Å². The first kappa shape index (κ1) is 12.2. The van der Waals surface area contributed by atoms with Crippen molar-refractivity contribution in [3.63, 3.8) is 0 Å². The fraction of sp³-hybridized carbons (Fsp3) is 0.417. The molecule has 2 amide bonds. The summed E-state index contributed by atoms with van der Waals surface area (Å²) in [4.78, 5) is 29.2. The molecule has 0 radical (unpaired) electrons. The van der Waals surface area contributed by atoms with Crippen molar-refractivity contribution in [3.05, 3.63) is 22.8 Å². The zero-order chi connectivity index (χ0) is 12.6. The second-order valence-electron chi connectivity index (χ2n) is 4.98. The van der Waals surface area contributed by atoms with E-state index >= 15 is 0 Å². The van der Waals surface area contributed by atoms with Gasteiger partial charge in [0.1, 0.15) is 5.82 Å². The lowest BCUT2D eigenvalue weighted by Gasteiger charge is -2.33. The van der Waals surface area contributed by atoms with Crippen molar-refractivity contribution in [1.82, 2.24) is 4.98 Å². The molecular formula is C12H13BrN2O2. The van der Waals surface area contributed by atoms with Crippen LogP contribution in [0.1, 0.15) is 26.7 Å². The summed E-state index contributed by atoms with van der Waals surface area (Å²) in [5.74, 6) is 0.0424. The largest absolute Gasteiger partial charge is 0.274 e. The number of halogens is 1. The van der Waals surface area contributed by atoms with Gasteiger partial charge in [-0.15, -0.1) is 0 Å². The highest BCUT2D eigenvalue weighted by molar-refractivity contribution is 9.10. The maximum absolute atomic E-state index is 12.0. The van der Waals surface area contributed by atoms with Crippen molar-refractivity contribution in [1.29, 1.82) is 0 Å². The number of hydrogen-bond acceptors (Lipinski definition) is 3. The van der Waals surface area contributed by atoms with Gasteiger partial charge in [0.25, 0.3) is 0 Å². The summed E-state index contributed by atoms with van der Waals surface area (Å²) >= 11 is 3.27. The second kappa shape index (κ2) is 4.22. The zero-order valence-electron chi connectivity index (χ0n) is 9.74. The topological polar surface area (TPSA) is 50.3 Å². The maximum atomic E-state index is 12.0. The number of imide groups is 1. The molecule has 0 atom stereocenters. The van der Waals surface area contributed by atoms with Crippen LogP contribution >= 0.6 is 15.9 Å². The summed E-state index contributed by atoms with van der Waals surface area (Å²) in [5.41, 5.74) is -0.250. The van der Waals surface area contributed by atoms with E-state index in [-0.39, 0.29) is 17.2 Å². The normalized spacial score (nSPS) is 19.6. The van der Waals surface area contributed by atoms with Crippen LogP contribution in [0.25, 0.3) is 0 Å². The van der Waals surface area contributed by atoms with Gasteiger partial charge >= 0.3 is 0 Å². The third-order valence-corrected chi connectivity index (χ3v) is 3.17. The molecular weight excluding hydrogens is 284 g/mol. The van der Waals surface area contributed by atoms with E-state index in [1.54, 1.807) is 18.3 Å². The SMILES string of the molecule is CC1(C)CC(=O)N(c2ccc(Br)cn2)C(=O)C1. The first-order valence-electron chi connectivity index (χ1n) is 5.36. The Morgan fingerprint density at radius 2 is 1.82 bits per heavy atom. The van der Waals surface area contributed by atoms with Crippen LogP contribution in [0.4, 0.5) is 5.82 Å². The Balaban J connectivity index is 2.30. The highest BCUT2D eigenvalue weighted by Gasteiger charge is 2.38. The highest BCUT2D eigenvalue weighted by atomic mass is 79.9. The van der Waals surface area contributed by atoms with E-state index < -0.39 is 0 Å². The quantitative estimate of drug-likeness (QED) is 0.748. The molecule has 90 valence electrons. The molecule has 1 fully saturated rings. The summed E-state index contributed by atoms with van der Waals surface area (Å²) in [6, 6.07) is 3.43. The van der Waals surface area contributed by atoms with Crippen LogP contribution in [-0.2, 0) is 9.59 Å². The van der Waals surface area contributed by atoms with Crippen LogP contribution in [0.3, 0.4) is 0 Å². The van der Waals surface area contributed by atoms with E-state index in [0.717, 1.165) is 4.47 Å². The fourth-order valence-electron chi connectivity index (χ4n) is 1.93. The van der Waals surface area contributed by atoms with E-state index in [0.29, 0.717) is 18.7 Å². The third kappa shape index (κ3) is 2.54. The van der Waals surface area contributed by atoms with Crippen LogP contribution in [0, 0.1) is 5.41 Å². The Hall–Kier alpha value is -1.23. The third-order valence-electron chi connectivity index (χ3n) is 2.70. The molecule has 1 aliphatic rings. The monoisotopic (exact) mass is 296 g/mol. The number of carbonyl (C=O) groups is 2. The number of rotatable bonds is 1. The number of hydrogen-bond donors (Lipinski definition) is 0. The van der Waals surface area contributed by atoms with Gasteiger partial charge in [0.15, 0.2) is 0 Å². The molecule has 4 nitrogen and oxygen atoms in total. The van der Waals surface area contributed by atoms with Crippen molar-refractivity contribution in [3.8, 4) is 0 Å². The van der Waals surface area contributed by atoms with Crippen molar-refractivity contribution in [2.75, 3.05) is 4.90 Å². The number of aromatic nitrogens is 1. The molecule has 0 aromatic carbocycles. The molecule has 2 rings (SSSR count). The number of carbonyl (C=O) groups excluding carboxylic acids is 2. The predicted molar refractivity (Wildman–Crippen MR) is 67.4 cm³/mol. The highest BCUT2D eigenvalue weighted by Crippen LogP contribution is 2.33. The van der Waals surface area contributed by atoms with E-state index in [1.165, 1.54) is 4.90 Å². The minimum absolute atomic E-state index is 0.180. The van der Waals surface area contributed by atoms with E-state index in [4.69, 9.17) is 0 Å². The van der Waals surface area contributed by atoms with Gasteiger partial charge in [-0.05, 0) is 33.5 Å². The smallest absolute Gasteiger partial charge is 0.235 e. The molecule has 0 saturated carbocycles. The summed E-state index contributed by atoms with van der Waals surface area (Å²) in [7, 11) is 0. The molecule has 17 heavy (non-hydrogen) atoms. The summed E-state index contributed by atoms with van der Waals surface area (Å²) in [6.45, 7) is 3.85. The van der Waals surface area contributed by atoms with Gasteiger partial charge < -0.3 is 0 Å². The molecule has 1 aromatic rings. The van der Waals surface area contributed by atoms with Crippen molar-refractivity contribution in [2.45, 2.75) is 26.7 Å². The molecule has 1 aliphatic heterocycles. The van der Waals surface area contributed by atoms with Crippen molar-refractivity contribution >= 4 is 33.6 Å². The van der Waals surface area contributed by atoms with Crippen molar-refractivity contribution in [2.24, 2.45) is 5.41 Å². The Labute approximate surface area is 108 Å². The first-order valence-corrected chi connectivity index (χ1v) is 6.16. The average Bonchev–Trinajstić information content (AvgIpc) is 2.18. The molecule has 0 aliphatic carbocycles. The van der Waals surface area contributed by atoms with Gasteiger partial charge in [0.2, 0.25) is 11.8 Å². The molecule has 0 bridgehead atoms. The van der Waals surface area contributed by atoms with Gasteiger partial charge in [0.05, 0.1) is 0 Å². The molecule has 2 heterocycles. The molecule has 1 aromatic heterocycles. The van der Waals surface area contributed by atoms with E-state index in [9.17, 15) is 9.59 Å². The lowest BCUT2D eigenvalue weighted by Crippen LogP contribution is -2.46. The van der Waals surface area contributed by atoms with E-state index in [1.807, 2.05) is 13.8 Å². The zero-order valence-corrected chi connectivity index (χ0v) is 11.3. The summed E-state index contributed by atoms with van der Waals surface area (Å²) in [6.07, 6.45) is 2.32. The molecule has 0 N–H and O–H groups in total. The van der Waals surface area contributed by atoms with Crippen LogP contribution in [0.2, 0.25) is 0 Å². The minimum Gasteiger partial charge on any atom is -0.274 e. The molecule has 0 unspecified atom stereocenters. The lowest BCUT2D eigenvalue weighted by molar-refractivity contribution is -0.132. The Kier molecular flexibility index (Phi) is 3.03. The Morgan fingerprint density at radius 1 is 1.24 bits per heavy atom. The molecule has 0 spiro atoms. The van der Waals surface area contributed by atoms with Crippen LogP contribution in [0.5, 0.6) is 0 Å². The van der Waals surface area contributed by atoms with Gasteiger partial charge in [-0.2, -0.15) is 0 Å². The summed E-state index contributed by atoms with van der Waals surface area (Å²) < 4.78 is 0.818. The number of anilines is 1. The Bertz CT molecular complexity index is 448. The fourth-order valence-corrected chi connectivity index (χ4v) is 2.17. The number of pyridine rings is 1. The second-order valence-corrected chi connectivity index (χ2v) is 5.89. The summed E-state index contributed by atoms with van der Waals surface area (Å²) in [5, 5.41) is 0. The van der Waals surface area contributed by atoms with Gasteiger partial charge in [-0.25, -0.2) is 9.88 Å². The van der Waals surface area contributed by atoms with E-state index in [2.05, 4.69) is 20.9 Å². The minimum atomic E-state index is -0.250. The molecule has 1 saturated heterocycles. The molecule has 5 heteroatoms. The Morgan fingerprint density at radius 3 is 2.29 bits per heavy atom. The number of piperidine rings is 1. The number of nitrogens with zero attached hydrogens (tertiary/aromatic N) is 2. The van der Waals surface area contributed by atoms with Crippen molar-refractivity contribution < 1.29 is 9.59 Å². The number of amides is 2. The lowest BCUT2D eigenvalue weighted by atomic mass is 9.82. The van der Waals surface area contributed by atoms with Crippen LogP contribution in [-0.4, -0.2) is 16.8 Å². The van der Waals surface area contributed by atoms with Gasteiger partial charge in [-0.1, -0.05) is 13.8 Å².